The summed E-state index contributed by atoms with van der Waals surface area (Å²) >= 11 is 23.1. The first-order valence-electron chi connectivity index (χ1n) is 7.01. The van der Waals surface area contributed by atoms with E-state index in [-0.39, 0.29) is 0 Å². The lowest BCUT2D eigenvalue weighted by atomic mass is 10.0. The summed E-state index contributed by atoms with van der Waals surface area (Å²) in [6.45, 7) is 0. The van der Waals surface area contributed by atoms with Crippen molar-refractivity contribution in [3.8, 4) is 31.3 Å². The van der Waals surface area contributed by atoms with Crippen LogP contribution in [-0.2, 0) is 0 Å². The van der Waals surface area contributed by atoms with E-state index in [4.69, 9.17) is 34.8 Å². The maximum atomic E-state index is 6.12. The Labute approximate surface area is 166 Å². The first kappa shape index (κ1) is 16.6. The minimum Gasteiger partial charge on any atom is -0.123 e. The highest BCUT2D eigenvalue weighted by molar-refractivity contribution is 7.20. The van der Waals surface area contributed by atoms with Crippen LogP contribution < -0.4 is 0 Å². The second-order valence-corrected chi connectivity index (χ2v) is 10.3. The van der Waals surface area contributed by atoms with E-state index in [0.29, 0.717) is 0 Å². The summed E-state index contributed by atoms with van der Waals surface area (Å²) < 4.78 is 2.36. The van der Waals surface area contributed by atoms with Crippen molar-refractivity contribution in [3.05, 3.63) is 67.6 Å². The number of thiophene rings is 3. The Bertz CT molecular complexity index is 869. The lowest BCUT2D eigenvalue weighted by molar-refractivity contribution is 1.67. The summed E-state index contributed by atoms with van der Waals surface area (Å²) in [6, 6.07) is 18.5. The molecule has 0 saturated carbocycles. The van der Waals surface area contributed by atoms with Gasteiger partial charge in [0.15, 0.2) is 0 Å². The van der Waals surface area contributed by atoms with Crippen LogP contribution >= 0.6 is 68.8 Å². The summed E-state index contributed by atoms with van der Waals surface area (Å²) in [7, 11) is 0. The molecule has 6 heteroatoms. The van der Waals surface area contributed by atoms with Crippen LogP contribution in [0, 0.1) is 0 Å². The molecule has 0 fully saturated rings. The monoisotopic (exact) mass is 426 g/mol. The predicted molar refractivity (Wildman–Crippen MR) is 111 cm³/mol. The SMILES string of the molecule is Clc1ccc(-c2cc(-c3ccc(Cl)s3)cc(-c3ccc(Cl)s3)c2)s1. The molecule has 0 radical (unpaired) electrons. The number of hydrogen-bond donors (Lipinski definition) is 0. The molecular formula is C18H9Cl3S3. The standard InChI is InChI=1S/C18H9Cl3S3/c19-16-4-1-13(22-16)10-7-11(14-2-5-17(20)23-14)9-12(8-10)15-3-6-18(21)24-15/h1-9H. The van der Waals surface area contributed by atoms with E-state index in [1.807, 2.05) is 18.2 Å². The molecule has 0 spiro atoms. The van der Waals surface area contributed by atoms with Crippen molar-refractivity contribution in [1.82, 2.24) is 0 Å². The Morgan fingerprint density at radius 3 is 0.958 bits per heavy atom. The molecule has 3 aromatic heterocycles. The van der Waals surface area contributed by atoms with Crippen molar-refractivity contribution in [2.45, 2.75) is 0 Å². The molecule has 4 rings (SSSR count). The third-order valence-electron chi connectivity index (χ3n) is 3.51. The minimum absolute atomic E-state index is 0.787. The van der Waals surface area contributed by atoms with Crippen LogP contribution in [0.25, 0.3) is 31.3 Å². The average Bonchev–Trinajstić information content (AvgIpc) is 3.28. The Kier molecular flexibility index (Phi) is 4.74. The summed E-state index contributed by atoms with van der Waals surface area (Å²) in [4.78, 5) is 3.44. The number of rotatable bonds is 3. The number of hydrogen-bond acceptors (Lipinski definition) is 3. The van der Waals surface area contributed by atoms with Gasteiger partial charge in [-0.2, -0.15) is 0 Å². The maximum absolute atomic E-state index is 6.12. The van der Waals surface area contributed by atoms with Crippen LogP contribution in [0.5, 0.6) is 0 Å². The van der Waals surface area contributed by atoms with Crippen LogP contribution in [0.15, 0.2) is 54.6 Å². The fourth-order valence-corrected chi connectivity index (χ4v) is 5.55. The second kappa shape index (κ2) is 6.83. The highest BCUT2D eigenvalue weighted by Crippen LogP contribution is 2.41. The van der Waals surface area contributed by atoms with Crippen molar-refractivity contribution in [2.24, 2.45) is 0 Å². The summed E-state index contributed by atoms with van der Waals surface area (Å²) in [5, 5.41) is 0. The zero-order valence-electron chi connectivity index (χ0n) is 12.1. The molecule has 0 aliphatic rings. The first-order valence-corrected chi connectivity index (χ1v) is 10.6. The summed E-state index contributed by atoms with van der Waals surface area (Å²) in [5.41, 5.74) is 3.44. The molecule has 0 amide bonds. The zero-order valence-corrected chi connectivity index (χ0v) is 16.8. The number of halogens is 3. The van der Waals surface area contributed by atoms with E-state index in [1.54, 1.807) is 34.0 Å². The van der Waals surface area contributed by atoms with Gasteiger partial charge >= 0.3 is 0 Å². The van der Waals surface area contributed by atoms with Gasteiger partial charge in [-0.05, 0) is 71.3 Å². The molecule has 0 bridgehead atoms. The highest BCUT2D eigenvalue weighted by Gasteiger charge is 2.11. The molecule has 0 N–H and O–H groups in total. The van der Waals surface area contributed by atoms with Crippen LogP contribution in [0.2, 0.25) is 13.0 Å². The van der Waals surface area contributed by atoms with Crippen molar-refractivity contribution in [3.63, 3.8) is 0 Å². The predicted octanol–water partition coefficient (Wildman–Crippen LogP) is 8.83. The molecular weight excluding hydrogens is 419 g/mol. The minimum atomic E-state index is 0.787. The number of benzene rings is 1. The molecule has 0 nitrogen and oxygen atoms in total. The van der Waals surface area contributed by atoms with Gasteiger partial charge in [0.2, 0.25) is 0 Å². The van der Waals surface area contributed by atoms with Gasteiger partial charge in [-0.15, -0.1) is 34.0 Å². The Morgan fingerprint density at radius 1 is 0.458 bits per heavy atom. The molecule has 120 valence electrons. The Hall–Kier alpha value is -0.810. The molecule has 0 unspecified atom stereocenters. The van der Waals surface area contributed by atoms with E-state index < -0.39 is 0 Å². The normalized spacial score (nSPS) is 11.1. The van der Waals surface area contributed by atoms with Crippen LogP contribution in [0.4, 0.5) is 0 Å². The fraction of sp³-hybridized carbons (Fsp3) is 0. The molecule has 0 atom stereocenters. The third kappa shape index (κ3) is 3.43. The lowest BCUT2D eigenvalue weighted by Crippen LogP contribution is -1.81. The molecule has 4 aromatic rings. The largest absolute Gasteiger partial charge is 0.123 e. The van der Waals surface area contributed by atoms with Gasteiger partial charge in [-0.1, -0.05) is 34.8 Å². The van der Waals surface area contributed by atoms with Gasteiger partial charge in [0.25, 0.3) is 0 Å². The molecule has 24 heavy (non-hydrogen) atoms. The Morgan fingerprint density at radius 2 is 0.750 bits per heavy atom. The average molecular weight is 428 g/mol. The molecule has 3 heterocycles. The van der Waals surface area contributed by atoms with Gasteiger partial charge in [0.1, 0.15) is 0 Å². The van der Waals surface area contributed by atoms with E-state index in [9.17, 15) is 0 Å². The first-order chi connectivity index (χ1) is 11.6. The van der Waals surface area contributed by atoms with Gasteiger partial charge in [-0.3, -0.25) is 0 Å². The van der Waals surface area contributed by atoms with Gasteiger partial charge in [-0.25, -0.2) is 0 Å². The van der Waals surface area contributed by atoms with Crippen molar-refractivity contribution in [2.75, 3.05) is 0 Å². The smallest absolute Gasteiger partial charge is 0.0934 e. The van der Waals surface area contributed by atoms with Crippen LogP contribution in [0.1, 0.15) is 0 Å². The van der Waals surface area contributed by atoms with E-state index in [2.05, 4.69) is 36.4 Å². The summed E-state index contributed by atoms with van der Waals surface area (Å²) in [6.07, 6.45) is 0. The van der Waals surface area contributed by atoms with Crippen LogP contribution in [-0.4, -0.2) is 0 Å². The molecule has 0 aliphatic heterocycles. The zero-order chi connectivity index (χ0) is 16.7. The highest BCUT2D eigenvalue weighted by atomic mass is 35.5. The molecule has 0 aliphatic carbocycles. The van der Waals surface area contributed by atoms with Crippen LogP contribution in [0.3, 0.4) is 0 Å². The molecule has 1 aromatic carbocycles. The van der Waals surface area contributed by atoms with Crippen molar-refractivity contribution in [1.29, 1.82) is 0 Å². The topological polar surface area (TPSA) is 0 Å². The van der Waals surface area contributed by atoms with E-state index >= 15 is 0 Å². The fourth-order valence-electron chi connectivity index (χ4n) is 2.46. The van der Waals surface area contributed by atoms with Crippen molar-refractivity contribution < 1.29 is 0 Å². The van der Waals surface area contributed by atoms with Crippen molar-refractivity contribution >= 4 is 68.8 Å². The molecule has 0 saturated heterocycles. The van der Waals surface area contributed by atoms with Gasteiger partial charge in [0, 0.05) is 14.6 Å². The quantitative estimate of drug-likeness (QED) is 0.306. The third-order valence-corrected chi connectivity index (χ3v) is 7.35. The van der Waals surface area contributed by atoms with Gasteiger partial charge in [0.05, 0.1) is 13.0 Å². The second-order valence-electron chi connectivity index (χ2n) is 5.11. The lowest BCUT2D eigenvalue weighted by Gasteiger charge is -2.07. The summed E-state index contributed by atoms with van der Waals surface area (Å²) in [5.74, 6) is 0. The van der Waals surface area contributed by atoms with E-state index in [1.165, 1.54) is 0 Å². The maximum Gasteiger partial charge on any atom is 0.0934 e. The Balaban J connectivity index is 1.90. The van der Waals surface area contributed by atoms with E-state index in [0.717, 1.165) is 44.3 Å². The van der Waals surface area contributed by atoms with Gasteiger partial charge < -0.3 is 0 Å².